The summed E-state index contributed by atoms with van der Waals surface area (Å²) in [5.41, 5.74) is 9.48. The van der Waals surface area contributed by atoms with Crippen LogP contribution in [0.3, 0.4) is 0 Å². The second-order valence-electron chi connectivity index (χ2n) is 8.42. The molecule has 1 aliphatic heterocycles. The van der Waals surface area contributed by atoms with Gasteiger partial charge in [0.25, 0.3) is 0 Å². The molecule has 1 saturated heterocycles. The smallest absolute Gasteiger partial charge is 0.232 e. The lowest BCUT2D eigenvalue weighted by Gasteiger charge is -2.37. The first-order valence-corrected chi connectivity index (χ1v) is 11.0. The largest absolute Gasteiger partial charge is 0.392 e. The summed E-state index contributed by atoms with van der Waals surface area (Å²) in [7, 11) is 0. The molecule has 4 rings (SSSR count). The van der Waals surface area contributed by atoms with Crippen molar-refractivity contribution in [2.45, 2.75) is 24.9 Å². The molecule has 160 valence electrons. The van der Waals surface area contributed by atoms with E-state index < -0.39 is 5.41 Å². The van der Waals surface area contributed by atoms with Gasteiger partial charge in [-0.2, -0.15) is 0 Å². The van der Waals surface area contributed by atoms with Gasteiger partial charge < -0.3 is 15.7 Å². The second-order valence-corrected chi connectivity index (χ2v) is 8.42. The molecule has 0 bridgehead atoms. The number of aliphatic hydroxyl groups excluding tert-OH is 1. The van der Waals surface area contributed by atoms with Crippen molar-refractivity contribution >= 4 is 5.91 Å². The van der Waals surface area contributed by atoms with Crippen molar-refractivity contribution in [3.05, 3.63) is 107 Å². The van der Waals surface area contributed by atoms with Crippen LogP contribution in [0.5, 0.6) is 0 Å². The molecule has 0 radical (unpaired) electrons. The molecular weight excluding hydrogens is 384 g/mol. The van der Waals surface area contributed by atoms with Gasteiger partial charge in [-0.3, -0.25) is 4.79 Å². The molecule has 1 atom stereocenters. The minimum Gasteiger partial charge on any atom is -0.392 e. The Labute approximate surface area is 184 Å². The molecule has 1 fully saturated rings. The summed E-state index contributed by atoms with van der Waals surface area (Å²) in [5.74, 6) is -0.164. The predicted octanol–water partition coefficient (Wildman–Crippen LogP) is 3.51. The van der Waals surface area contributed by atoms with Crippen LogP contribution in [0.2, 0.25) is 0 Å². The van der Waals surface area contributed by atoms with Gasteiger partial charge in [0.15, 0.2) is 0 Å². The molecule has 0 unspecified atom stereocenters. The second kappa shape index (κ2) is 9.46. The lowest BCUT2D eigenvalue weighted by molar-refractivity contribution is -0.123. The van der Waals surface area contributed by atoms with Crippen molar-refractivity contribution in [1.82, 2.24) is 4.90 Å². The topological polar surface area (TPSA) is 66.6 Å². The van der Waals surface area contributed by atoms with E-state index in [2.05, 4.69) is 17.0 Å². The normalized spacial score (nSPS) is 17.0. The average molecular weight is 415 g/mol. The molecule has 1 heterocycles. The first-order chi connectivity index (χ1) is 15.1. The summed E-state index contributed by atoms with van der Waals surface area (Å²) in [4.78, 5) is 15.6. The van der Waals surface area contributed by atoms with E-state index in [0.29, 0.717) is 0 Å². The molecule has 0 saturated carbocycles. The zero-order valence-corrected chi connectivity index (χ0v) is 17.8. The minimum absolute atomic E-state index is 0.0717. The third-order valence-electron chi connectivity index (χ3n) is 6.65. The van der Waals surface area contributed by atoms with Gasteiger partial charge in [0.05, 0.1) is 6.61 Å². The van der Waals surface area contributed by atoms with Crippen molar-refractivity contribution < 1.29 is 9.90 Å². The van der Waals surface area contributed by atoms with E-state index in [4.69, 9.17) is 5.73 Å². The number of benzene rings is 3. The summed E-state index contributed by atoms with van der Waals surface area (Å²) < 4.78 is 0. The number of hydrogen-bond acceptors (Lipinski definition) is 3. The predicted molar refractivity (Wildman–Crippen MR) is 123 cm³/mol. The molecule has 3 aromatic rings. The Morgan fingerprint density at radius 3 is 1.97 bits per heavy atom. The quantitative estimate of drug-likeness (QED) is 0.593. The highest BCUT2D eigenvalue weighted by Crippen LogP contribution is 2.43. The highest BCUT2D eigenvalue weighted by atomic mass is 16.3. The lowest BCUT2D eigenvalue weighted by Crippen LogP contribution is -2.49. The molecule has 1 amide bonds. The van der Waals surface area contributed by atoms with Crippen LogP contribution in [-0.4, -0.2) is 35.5 Å². The maximum absolute atomic E-state index is 13.1. The molecule has 4 heteroatoms. The number of likely N-dealkylation sites (tertiary alicyclic amines) is 1. The molecule has 4 nitrogen and oxygen atoms in total. The van der Waals surface area contributed by atoms with Gasteiger partial charge in [0, 0.05) is 13.1 Å². The summed E-state index contributed by atoms with van der Waals surface area (Å²) in [6.45, 7) is 2.80. The molecule has 1 aliphatic rings. The Kier molecular flexibility index (Phi) is 6.50. The van der Waals surface area contributed by atoms with Crippen LogP contribution in [0, 0.1) is 5.92 Å². The maximum Gasteiger partial charge on any atom is 0.232 e. The lowest BCUT2D eigenvalue weighted by atomic mass is 9.64. The molecular formula is C27H30N2O2. The summed E-state index contributed by atoms with van der Waals surface area (Å²) in [6, 6.07) is 28.1. The van der Waals surface area contributed by atoms with Crippen molar-refractivity contribution in [2.24, 2.45) is 11.7 Å². The van der Waals surface area contributed by atoms with Gasteiger partial charge in [-0.25, -0.2) is 0 Å². The average Bonchev–Trinajstić information content (AvgIpc) is 3.29. The fourth-order valence-electron chi connectivity index (χ4n) is 5.01. The maximum atomic E-state index is 13.1. The molecule has 3 N–H and O–H groups in total. The Bertz CT molecular complexity index is 947. The van der Waals surface area contributed by atoms with Crippen molar-refractivity contribution in [1.29, 1.82) is 0 Å². The van der Waals surface area contributed by atoms with Crippen LogP contribution in [0.1, 0.15) is 28.7 Å². The van der Waals surface area contributed by atoms with Gasteiger partial charge in [0.2, 0.25) is 5.91 Å². The number of amides is 1. The summed E-state index contributed by atoms with van der Waals surface area (Å²) >= 11 is 0. The summed E-state index contributed by atoms with van der Waals surface area (Å²) in [5, 5.41) is 9.22. The first-order valence-electron chi connectivity index (χ1n) is 11.0. The molecule has 31 heavy (non-hydrogen) atoms. The van der Waals surface area contributed by atoms with E-state index in [-0.39, 0.29) is 18.4 Å². The Morgan fingerprint density at radius 2 is 1.45 bits per heavy atom. The van der Waals surface area contributed by atoms with E-state index in [0.717, 1.165) is 49.2 Å². The van der Waals surface area contributed by atoms with Crippen LogP contribution >= 0.6 is 0 Å². The van der Waals surface area contributed by atoms with E-state index in [9.17, 15) is 9.90 Å². The van der Waals surface area contributed by atoms with E-state index in [1.54, 1.807) is 0 Å². The number of primary amides is 1. The van der Waals surface area contributed by atoms with Gasteiger partial charge in [-0.15, -0.1) is 0 Å². The molecule has 3 aromatic carbocycles. The van der Waals surface area contributed by atoms with Gasteiger partial charge in [-0.1, -0.05) is 84.9 Å². The van der Waals surface area contributed by atoms with Crippen LogP contribution < -0.4 is 5.73 Å². The Morgan fingerprint density at radius 1 is 0.903 bits per heavy atom. The molecule has 0 spiro atoms. The van der Waals surface area contributed by atoms with Crippen molar-refractivity contribution in [2.75, 3.05) is 19.6 Å². The Hall–Kier alpha value is -2.95. The highest BCUT2D eigenvalue weighted by molar-refractivity contribution is 5.91. The summed E-state index contributed by atoms with van der Waals surface area (Å²) in [6.07, 6.45) is 1.87. The van der Waals surface area contributed by atoms with E-state index in [1.807, 2.05) is 72.8 Å². The van der Waals surface area contributed by atoms with E-state index >= 15 is 0 Å². The van der Waals surface area contributed by atoms with Crippen molar-refractivity contribution in [3.63, 3.8) is 0 Å². The zero-order chi connectivity index (χ0) is 21.7. The van der Waals surface area contributed by atoms with E-state index in [1.165, 1.54) is 5.56 Å². The van der Waals surface area contributed by atoms with Crippen LogP contribution in [0.15, 0.2) is 84.9 Å². The fraction of sp³-hybridized carbons (Fsp3) is 0.296. The van der Waals surface area contributed by atoms with Gasteiger partial charge in [0.1, 0.15) is 5.41 Å². The molecule has 0 aromatic heterocycles. The Balaban J connectivity index is 1.57. The number of rotatable bonds is 8. The number of carbonyl (C=O) groups is 1. The van der Waals surface area contributed by atoms with Gasteiger partial charge in [-0.05, 0) is 47.6 Å². The fourth-order valence-corrected chi connectivity index (χ4v) is 5.01. The van der Waals surface area contributed by atoms with Crippen molar-refractivity contribution in [3.8, 4) is 0 Å². The standard InChI is InChI=1S/C27H30N2O2/c28-26(31)27(23-7-3-1-4-8-23,24-9-5-2-6-10-24)25-16-18-29(19-25)17-15-21-11-13-22(20-30)14-12-21/h1-14,25,30H,15-20H2,(H2,28,31)/t25-/m1/s1. The molecule has 0 aliphatic carbocycles. The van der Waals surface area contributed by atoms with Crippen LogP contribution in [0.25, 0.3) is 0 Å². The third kappa shape index (κ3) is 4.27. The minimum atomic E-state index is -0.833. The number of aliphatic hydroxyl groups is 1. The number of nitrogens with zero attached hydrogens (tertiary/aromatic N) is 1. The SMILES string of the molecule is NC(=O)C(c1ccccc1)(c1ccccc1)[C@@H]1CCN(CCc2ccc(CO)cc2)C1. The monoisotopic (exact) mass is 414 g/mol. The number of nitrogens with two attached hydrogens (primary N) is 1. The third-order valence-corrected chi connectivity index (χ3v) is 6.65. The number of carbonyl (C=O) groups excluding carboxylic acids is 1. The number of hydrogen-bond donors (Lipinski definition) is 2. The first kappa shape index (κ1) is 21.3. The van der Waals surface area contributed by atoms with Gasteiger partial charge >= 0.3 is 0 Å². The highest BCUT2D eigenvalue weighted by Gasteiger charge is 2.49. The zero-order valence-electron chi connectivity index (χ0n) is 17.8. The van der Waals surface area contributed by atoms with Crippen LogP contribution in [0.4, 0.5) is 0 Å². The van der Waals surface area contributed by atoms with Crippen LogP contribution in [-0.2, 0) is 23.2 Å².